The van der Waals surface area contributed by atoms with Gasteiger partial charge in [-0.15, -0.1) is 0 Å². The zero-order valence-electron chi connectivity index (χ0n) is 6.14. The van der Waals surface area contributed by atoms with Crippen LogP contribution in [0, 0.1) is 0 Å². The third-order valence-corrected chi connectivity index (χ3v) is 0.759. The molecular weight excluding hydrogens is 174 g/mol. The molecule has 0 saturated carbocycles. The Kier molecular flexibility index (Phi) is 7.91. The highest BCUT2D eigenvalue weighted by Gasteiger charge is 1.90. The van der Waals surface area contributed by atoms with E-state index in [0.717, 1.165) is 6.42 Å². The summed E-state index contributed by atoms with van der Waals surface area (Å²) >= 11 is 0. The number of hydrogen-bond acceptors (Lipinski definition) is 4. The maximum atomic E-state index is 8.74. The Morgan fingerprint density at radius 2 is 1.73 bits per heavy atom. The van der Waals surface area contributed by atoms with Crippen molar-refractivity contribution in [3.63, 3.8) is 0 Å². The van der Waals surface area contributed by atoms with Crippen LogP contribution in [0.2, 0.25) is 0 Å². The van der Waals surface area contributed by atoms with Crippen molar-refractivity contribution in [2.24, 2.45) is 5.73 Å². The number of aliphatic hydroxyl groups is 1. The summed E-state index contributed by atoms with van der Waals surface area (Å²) in [6.07, 6.45) is 0.858. The quantitative estimate of drug-likeness (QED) is 0.414. The molecule has 0 spiro atoms. The lowest BCUT2D eigenvalue weighted by atomic mass is 10.3. The van der Waals surface area contributed by atoms with Crippen LogP contribution in [0.5, 0.6) is 0 Å². The molecule has 11 heavy (non-hydrogen) atoms. The topological polar surface area (TPSA) is 121 Å². The minimum Gasteiger partial charge on any atom is -0.395 e. The van der Waals surface area contributed by atoms with Crippen LogP contribution in [-0.2, 0) is 10.4 Å². The molecule has 0 fully saturated rings. The second-order valence-corrected chi connectivity index (χ2v) is 2.69. The average Bonchev–Trinajstić information content (AvgIpc) is 1.83. The first-order chi connectivity index (χ1) is 4.81. The standard InChI is InChI=1S/C4H11NO.H2O4S/c1-2-4(5)3-6;1-5(2,3)4/h4,6H,2-3,5H2,1H3;(H2,1,2,3,4)/t4-;/m1./s1. The van der Waals surface area contributed by atoms with Crippen molar-refractivity contribution in [2.45, 2.75) is 19.4 Å². The second-order valence-electron chi connectivity index (χ2n) is 1.80. The third kappa shape index (κ3) is 41.4. The summed E-state index contributed by atoms with van der Waals surface area (Å²) in [6, 6.07) is -0.00926. The van der Waals surface area contributed by atoms with Crippen LogP contribution in [0.25, 0.3) is 0 Å². The van der Waals surface area contributed by atoms with Gasteiger partial charge < -0.3 is 10.8 Å². The highest BCUT2D eigenvalue weighted by Crippen LogP contribution is 1.79. The van der Waals surface area contributed by atoms with E-state index < -0.39 is 10.4 Å². The number of nitrogens with two attached hydrogens (primary N) is 1. The maximum Gasteiger partial charge on any atom is 0.394 e. The molecule has 0 bridgehead atoms. The van der Waals surface area contributed by atoms with Crippen molar-refractivity contribution in [1.82, 2.24) is 0 Å². The van der Waals surface area contributed by atoms with E-state index >= 15 is 0 Å². The molecule has 0 aromatic carbocycles. The number of hydrogen-bond donors (Lipinski definition) is 4. The molecule has 7 heteroatoms. The van der Waals surface area contributed by atoms with E-state index in [1.165, 1.54) is 0 Å². The summed E-state index contributed by atoms with van der Waals surface area (Å²) in [4.78, 5) is 0. The first-order valence-electron chi connectivity index (χ1n) is 2.87. The molecule has 0 saturated heterocycles. The zero-order valence-corrected chi connectivity index (χ0v) is 6.95. The van der Waals surface area contributed by atoms with Gasteiger partial charge in [-0.05, 0) is 6.42 Å². The molecular formula is C4H13NO5S. The zero-order chi connectivity index (χ0) is 9.49. The third-order valence-electron chi connectivity index (χ3n) is 0.759. The van der Waals surface area contributed by atoms with Crippen LogP contribution in [0.15, 0.2) is 0 Å². The fraction of sp³-hybridized carbons (Fsp3) is 1.00. The van der Waals surface area contributed by atoms with Crippen molar-refractivity contribution >= 4 is 10.4 Å². The van der Waals surface area contributed by atoms with Crippen molar-refractivity contribution in [1.29, 1.82) is 0 Å². The first-order valence-corrected chi connectivity index (χ1v) is 4.27. The molecule has 1 atom stereocenters. The van der Waals surface area contributed by atoms with E-state index in [9.17, 15) is 0 Å². The Morgan fingerprint density at radius 1 is 1.45 bits per heavy atom. The Balaban J connectivity index is 0. The Labute approximate surface area is 65.6 Å². The van der Waals surface area contributed by atoms with Gasteiger partial charge in [0, 0.05) is 6.04 Å². The summed E-state index contributed by atoms with van der Waals surface area (Å²) in [5.74, 6) is 0. The highest BCUT2D eigenvalue weighted by atomic mass is 32.3. The van der Waals surface area contributed by atoms with Gasteiger partial charge in [-0.2, -0.15) is 8.42 Å². The molecule has 6 nitrogen and oxygen atoms in total. The lowest BCUT2D eigenvalue weighted by Crippen LogP contribution is -2.22. The van der Waals surface area contributed by atoms with Crippen LogP contribution in [0.4, 0.5) is 0 Å². The van der Waals surface area contributed by atoms with E-state index in [0.29, 0.717) is 0 Å². The van der Waals surface area contributed by atoms with E-state index in [1.807, 2.05) is 6.92 Å². The van der Waals surface area contributed by atoms with Gasteiger partial charge in [-0.3, -0.25) is 9.11 Å². The minimum atomic E-state index is -4.67. The van der Waals surface area contributed by atoms with Crippen LogP contribution >= 0.6 is 0 Å². The van der Waals surface area contributed by atoms with Crippen molar-refractivity contribution < 1.29 is 22.6 Å². The molecule has 0 heterocycles. The van der Waals surface area contributed by atoms with E-state index in [1.54, 1.807) is 0 Å². The Hall–Kier alpha value is -0.210. The second kappa shape index (κ2) is 6.50. The molecule has 0 amide bonds. The van der Waals surface area contributed by atoms with Gasteiger partial charge in [-0.25, -0.2) is 0 Å². The fourth-order valence-electron chi connectivity index (χ4n) is 0.129. The van der Waals surface area contributed by atoms with E-state index in [2.05, 4.69) is 0 Å². The number of aliphatic hydroxyl groups excluding tert-OH is 1. The predicted molar refractivity (Wildman–Crippen MR) is 39.5 cm³/mol. The van der Waals surface area contributed by atoms with Crippen LogP contribution < -0.4 is 5.73 Å². The average molecular weight is 187 g/mol. The molecule has 0 aliphatic heterocycles. The summed E-state index contributed by atoms with van der Waals surface area (Å²) in [7, 11) is -4.67. The fourth-order valence-corrected chi connectivity index (χ4v) is 0.129. The molecule has 0 unspecified atom stereocenters. The SMILES string of the molecule is CC[C@@H](N)CO.O=S(=O)(O)O. The van der Waals surface area contributed by atoms with Gasteiger partial charge in [0.25, 0.3) is 0 Å². The van der Waals surface area contributed by atoms with Gasteiger partial charge in [0.05, 0.1) is 6.61 Å². The predicted octanol–water partition coefficient (Wildman–Crippen LogP) is -0.937. The summed E-state index contributed by atoms with van der Waals surface area (Å²) < 4.78 is 31.6. The Bertz CT molecular complexity index is 153. The van der Waals surface area contributed by atoms with Crippen LogP contribution in [0.1, 0.15) is 13.3 Å². The van der Waals surface area contributed by atoms with Gasteiger partial charge in [0.2, 0.25) is 0 Å². The monoisotopic (exact) mass is 187 g/mol. The smallest absolute Gasteiger partial charge is 0.394 e. The van der Waals surface area contributed by atoms with Crippen molar-refractivity contribution in [2.75, 3.05) is 6.61 Å². The molecule has 0 rings (SSSR count). The lowest BCUT2D eigenvalue weighted by molar-refractivity contribution is 0.263. The summed E-state index contributed by atoms with van der Waals surface area (Å²) in [5.41, 5.74) is 5.22. The van der Waals surface area contributed by atoms with Gasteiger partial charge in [0.1, 0.15) is 0 Å². The Morgan fingerprint density at radius 3 is 1.73 bits per heavy atom. The van der Waals surface area contributed by atoms with Gasteiger partial charge >= 0.3 is 10.4 Å². The molecule has 70 valence electrons. The molecule has 0 aromatic rings. The molecule has 0 aromatic heterocycles. The largest absolute Gasteiger partial charge is 0.395 e. The summed E-state index contributed by atoms with van der Waals surface area (Å²) in [6.45, 7) is 2.05. The van der Waals surface area contributed by atoms with Crippen LogP contribution in [0.3, 0.4) is 0 Å². The van der Waals surface area contributed by atoms with Gasteiger partial charge in [0.15, 0.2) is 0 Å². The molecule has 0 aliphatic carbocycles. The maximum absolute atomic E-state index is 8.74. The van der Waals surface area contributed by atoms with E-state index in [4.69, 9.17) is 28.4 Å². The highest BCUT2D eigenvalue weighted by molar-refractivity contribution is 7.79. The van der Waals surface area contributed by atoms with Crippen molar-refractivity contribution in [3.8, 4) is 0 Å². The van der Waals surface area contributed by atoms with Crippen molar-refractivity contribution in [3.05, 3.63) is 0 Å². The first kappa shape index (κ1) is 13.4. The number of rotatable bonds is 2. The normalized spacial score (nSPS) is 13.2. The summed E-state index contributed by atoms with van der Waals surface area (Å²) in [5, 5.41) is 8.21. The minimum absolute atomic E-state index is 0.00926. The van der Waals surface area contributed by atoms with Gasteiger partial charge in [-0.1, -0.05) is 6.92 Å². The van der Waals surface area contributed by atoms with E-state index in [-0.39, 0.29) is 12.6 Å². The molecule has 0 aliphatic rings. The lowest BCUT2D eigenvalue weighted by Gasteiger charge is -1.98. The molecule has 5 N–H and O–H groups in total. The van der Waals surface area contributed by atoms with Crippen LogP contribution in [-0.4, -0.2) is 35.3 Å². The molecule has 0 radical (unpaired) electrons.